The Morgan fingerprint density at radius 3 is 1.57 bits per heavy atom. The number of rotatable bonds is 6. The van der Waals surface area contributed by atoms with Gasteiger partial charge >= 0.3 is 0 Å². The van der Waals surface area contributed by atoms with Crippen molar-refractivity contribution in [1.82, 2.24) is 0 Å². The van der Waals surface area contributed by atoms with E-state index in [2.05, 4.69) is 72.8 Å². The highest BCUT2D eigenvalue weighted by Gasteiger charge is 2.40. The van der Waals surface area contributed by atoms with Crippen molar-refractivity contribution in [2.24, 2.45) is 0 Å². The van der Waals surface area contributed by atoms with Crippen LogP contribution in [0.5, 0.6) is 0 Å². The minimum atomic E-state index is -0.722. The van der Waals surface area contributed by atoms with Gasteiger partial charge in [-0.25, -0.2) is 0 Å². The molecule has 28 heavy (non-hydrogen) atoms. The molecule has 3 aromatic rings. The molecule has 1 aliphatic rings. The van der Waals surface area contributed by atoms with Gasteiger partial charge in [0, 0.05) is 0 Å². The van der Waals surface area contributed by atoms with Crippen LogP contribution < -0.4 is 0 Å². The summed E-state index contributed by atoms with van der Waals surface area (Å²) in [6, 6.07) is 31.1. The first-order valence-corrected chi connectivity index (χ1v) is 9.72. The minimum absolute atomic E-state index is 0.106. The summed E-state index contributed by atoms with van der Waals surface area (Å²) in [4.78, 5) is 0. The number of ether oxygens (including phenoxy) is 3. The highest BCUT2D eigenvalue weighted by atomic mass is 16.7. The normalized spacial score (nSPS) is 18.9. The highest BCUT2D eigenvalue weighted by molar-refractivity contribution is 5.47. The third kappa shape index (κ3) is 3.74. The van der Waals surface area contributed by atoms with Gasteiger partial charge in [-0.05, 0) is 30.5 Å². The topological polar surface area (TPSA) is 27.7 Å². The smallest absolute Gasteiger partial charge is 0.163 e. The zero-order valence-corrected chi connectivity index (χ0v) is 16.4. The van der Waals surface area contributed by atoms with Gasteiger partial charge in [0.25, 0.3) is 0 Å². The summed E-state index contributed by atoms with van der Waals surface area (Å²) in [5.41, 5.74) is 2.54. The van der Waals surface area contributed by atoms with Crippen molar-refractivity contribution in [3.05, 3.63) is 108 Å². The maximum atomic E-state index is 6.76. The molecule has 3 aromatic carbocycles. The summed E-state index contributed by atoms with van der Waals surface area (Å²) in [6.07, 6.45) is -0.106. The Morgan fingerprint density at radius 1 is 0.786 bits per heavy atom. The van der Waals surface area contributed by atoms with Gasteiger partial charge < -0.3 is 14.2 Å². The molecule has 0 bridgehead atoms. The third-order valence-corrected chi connectivity index (χ3v) is 5.09. The molecule has 1 fully saturated rings. The monoisotopic (exact) mass is 374 g/mol. The van der Waals surface area contributed by atoms with Crippen molar-refractivity contribution in [3.63, 3.8) is 0 Å². The largest absolute Gasteiger partial charge is 0.358 e. The molecule has 3 heteroatoms. The van der Waals surface area contributed by atoms with Crippen molar-refractivity contribution >= 4 is 0 Å². The maximum absolute atomic E-state index is 6.76. The van der Waals surface area contributed by atoms with Crippen molar-refractivity contribution in [2.75, 3.05) is 13.2 Å². The Kier molecular flexibility index (Phi) is 5.31. The third-order valence-electron chi connectivity index (χ3n) is 5.09. The Labute approximate surface area is 166 Å². The van der Waals surface area contributed by atoms with E-state index in [0.717, 1.165) is 16.7 Å². The van der Waals surface area contributed by atoms with E-state index in [0.29, 0.717) is 13.2 Å². The Morgan fingerprint density at radius 2 is 1.21 bits per heavy atom. The van der Waals surface area contributed by atoms with Gasteiger partial charge in [0.15, 0.2) is 5.79 Å². The lowest BCUT2D eigenvalue weighted by Crippen LogP contribution is -2.36. The average Bonchev–Trinajstić information content (AvgIpc) is 3.10. The van der Waals surface area contributed by atoms with Gasteiger partial charge in [0.1, 0.15) is 11.7 Å². The van der Waals surface area contributed by atoms with Gasteiger partial charge in [0.2, 0.25) is 0 Å². The lowest BCUT2D eigenvalue weighted by atomic mass is 9.80. The minimum Gasteiger partial charge on any atom is -0.358 e. The zero-order valence-electron chi connectivity index (χ0n) is 16.4. The van der Waals surface area contributed by atoms with Crippen LogP contribution in [-0.2, 0) is 19.8 Å². The second kappa shape index (κ2) is 7.88. The molecule has 0 aromatic heterocycles. The van der Waals surface area contributed by atoms with Crippen LogP contribution in [0.3, 0.4) is 0 Å². The van der Waals surface area contributed by atoms with Crippen LogP contribution in [-0.4, -0.2) is 25.1 Å². The first kappa shape index (κ1) is 18.9. The summed E-state index contributed by atoms with van der Waals surface area (Å²) in [5.74, 6) is -0.567. The van der Waals surface area contributed by atoms with Crippen LogP contribution in [0.2, 0.25) is 0 Å². The average molecular weight is 374 g/mol. The summed E-state index contributed by atoms with van der Waals surface area (Å²) in [7, 11) is 0. The molecule has 1 saturated heterocycles. The molecule has 1 atom stereocenters. The summed E-state index contributed by atoms with van der Waals surface area (Å²) in [6.45, 7) is 4.83. The molecule has 0 saturated carbocycles. The molecule has 0 spiro atoms. The van der Waals surface area contributed by atoms with Crippen LogP contribution in [0.1, 0.15) is 30.5 Å². The summed E-state index contributed by atoms with van der Waals surface area (Å²) < 4.78 is 18.5. The fourth-order valence-electron chi connectivity index (χ4n) is 3.83. The van der Waals surface area contributed by atoms with E-state index in [-0.39, 0.29) is 6.10 Å². The van der Waals surface area contributed by atoms with Crippen LogP contribution in [0, 0.1) is 0 Å². The molecule has 0 radical (unpaired) electrons. The van der Waals surface area contributed by atoms with Crippen molar-refractivity contribution in [2.45, 2.75) is 31.3 Å². The molecule has 0 aliphatic carbocycles. The molecule has 1 unspecified atom stereocenters. The molecule has 1 aliphatic heterocycles. The second-order valence-electron chi connectivity index (χ2n) is 7.54. The van der Waals surface area contributed by atoms with Gasteiger partial charge in [-0.1, -0.05) is 91.0 Å². The molecule has 4 rings (SSSR count). The molecule has 1 heterocycles. The van der Waals surface area contributed by atoms with Crippen LogP contribution in [0.15, 0.2) is 91.0 Å². The SMILES string of the molecule is CC1(C)OCC(COC(c2ccccc2)(c2ccccc2)c2ccccc2)O1. The summed E-state index contributed by atoms with van der Waals surface area (Å²) in [5, 5.41) is 0. The van der Waals surface area contributed by atoms with Crippen LogP contribution in [0.4, 0.5) is 0 Å². The van der Waals surface area contributed by atoms with Crippen LogP contribution in [0.25, 0.3) is 0 Å². The van der Waals surface area contributed by atoms with E-state index in [1.165, 1.54) is 0 Å². The fourth-order valence-corrected chi connectivity index (χ4v) is 3.83. The number of benzene rings is 3. The van der Waals surface area contributed by atoms with Gasteiger partial charge in [-0.2, -0.15) is 0 Å². The standard InChI is InChI=1S/C25H26O3/c1-24(2)26-18-23(28-24)19-27-25(20-12-6-3-7-13-20,21-14-8-4-9-15-21)22-16-10-5-11-17-22/h3-17,23H,18-19H2,1-2H3. The maximum Gasteiger partial charge on any atom is 0.163 e. The van der Waals surface area contributed by atoms with Gasteiger partial charge in [0.05, 0.1) is 13.2 Å². The van der Waals surface area contributed by atoms with E-state index in [9.17, 15) is 0 Å². The molecule has 144 valence electrons. The van der Waals surface area contributed by atoms with E-state index >= 15 is 0 Å². The van der Waals surface area contributed by atoms with Crippen molar-refractivity contribution in [3.8, 4) is 0 Å². The predicted molar refractivity (Wildman–Crippen MR) is 110 cm³/mol. The molecular formula is C25H26O3. The first-order valence-electron chi connectivity index (χ1n) is 9.72. The molecule has 0 amide bonds. The van der Waals surface area contributed by atoms with Crippen molar-refractivity contribution < 1.29 is 14.2 Å². The number of hydrogen-bond acceptors (Lipinski definition) is 3. The van der Waals surface area contributed by atoms with Gasteiger partial charge in [-0.3, -0.25) is 0 Å². The summed E-state index contributed by atoms with van der Waals surface area (Å²) >= 11 is 0. The highest BCUT2D eigenvalue weighted by Crippen LogP contribution is 2.41. The number of hydrogen-bond donors (Lipinski definition) is 0. The van der Waals surface area contributed by atoms with E-state index in [1.54, 1.807) is 0 Å². The second-order valence-corrected chi connectivity index (χ2v) is 7.54. The Bertz CT molecular complexity index is 779. The van der Waals surface area contributed by atoms with Gasteiger partial charge in [-0.15, -0.1) is 0 Å². The molecular weight excluding hydrogens is 348 g/mol. The lowest BCUT2D eigenvalue weighted by molar-refractivity contribution is -0.150. The van der Waals surface area contributed by atoms with E-state index in [4.69, 9.17) is 14.2 Å². The van der Waals surface area contributed by atoms with Crippen molar-refractivity contribution in [1.29, 1.82) is 0 Å². The Hall–Kier alpha value is -2.46. The Balaban J connectivity index is 1.79. The quantitative estimate of drug-likeness (QED) is 0.559. The molecule has 3 nitrogen and oxygen atoms in total. The van der Waals surface area contributed by atoms with Crippen LogP contribution >= 0.6 is 0 Å². The molecule has 0 N–H and O–H groups in total. The van der Waals surface area contributed by atoms with E-state index < -0.39 is 11.4 Å². The zero-order chi connectivity index (χ0) is 19.5. The first-order chi connectivity index (χ1) is 13.6. The predicted octanol–water partition coefficient (Wildman–Crippen LogP) is 5.15. The fraction of sp³-hybridized carbons (Fsp3) is 0.280. The van der Waals surface area contributed by atoms with E-state index in [1.807, 2.05) is 32.0 Å². The lowest BCUT2D eigenvalue weighted by Gasteiger charge is -2.36.